The Hall–Kier alpha value is -0.240. The molecule has 0 radical (unpaired) electrons. The van der Waals surface area contributed by atoms with Crippen molar-refractivity contribution >= 4 is 0 Å². The summed E-state index contributed by atoms with van der Waals surface area (Å²) >= 11 is 0. The van der Waals surface area contributed by atoms with Crippen molar-refractivity contribution in [2.24, 2.45) is 0 Å². The van der Waals surface area contributed by atoms with Gasteiger partial charge in [-0.15, -0.1) is 0 Å². The number of hydrogen-bond donors (Lipinski definition) is 2. The van der Waals surface area contributed by atoms with Crippen molar-refractivity contribution in [3.05, 3.63) is 0 Å². The fourth-order valence-corrected chi connectivity index (χ4v) is 2.84. The summed E-state index contributed by atoms with van der Waals surface area (Å²) in [7, 11) is 1.43. The van der Waals surface area contributed by atoms with Gasteiger partial charge < -0.3 is 29.2 Å². The first-order valence-electron chi connectivity index (χ1n) is 9.36. The molecule has 0 amide bonds. The lowest BCUT2D eigenvalue weighted by Gasteiger charge is -2.36. The van der Waals surface area contributed by atoms with Crippen molar-refractivity contribution in [2.45, 2.75) is 96.1 Å². The molecule has 1 aliphatic heterocycles. The van der Waals surface area contributed by atoms with E-state index in [-0.39, 0.29) is 18.5 Å². The highest BCUT2D eigenvalue weighted by Crippen LogP contribution is 2.22. The monoisotopic (exact) mass is 348 g/mol. The number of methoxy groups -OCH3 is 1. The van der Waals surface area contributed by atoms with Crippen LogP contribution in [-0.4, -0.2) is 61.4 Å². The predicted octanol–water partition coefficient (Wildman–Crippen LogP) is 2.60. The molecule has 0 aromatic carbocycles. The fourth-order valence-electron chi connectivity index (χ4n) is 2.84. The zero-order chi connectivity index (χ0) is 17.8. The Labute approximate surface area is 146 Å². The molecule has 5 atom stereocenters. The Morgan fingerprint density at radius 1 is 1.12 bits per heavy atom. The lowest BCUT2D eigenvalue weighted by molar-refractivity contribution is -0.298. The molecule has 1 heterocycles. The molecule has 1 saturated heterocycles. The smallest absolute Gasteiger partial charge is 0.185 e. The maximum absolute atomic E-state index is 9.63. The Bertz CT molecular complexity index is 301. The summed E-state index contributed by atoms with van der Waals surface area (Å²) in [5.41, 5.74) is 0. The summed E-state index contributed by atoms with van der Waals surface area (Å²) in [5, 5.41) is 18.6. The van der Waals surface area contributed by atoms with E-state index in [1.54, 1.807) is 0 Å². The molecule has 6 nitrogen and oxygen atoms in total. The second-order valence-electron chi connectivity index (χ2n) is 6.54. The van der Waals surface area contributed by atoms with Crippen LogP contribution in [0, 0.1) is 0 Å². The molecule has 2 unspecified atom stereocenters. The van der Waals surface area contributed by atoms with Gasteiger partial charge >= 0.3 is 0 Å². The summed E-state index contributed by atoms with van der Waals surface area (Å²) in [6.45, 7) is 4.15. The predicted molar refractivity (Wildman–Crippen MR) is 91.7 cm³/mol. The normalized spacial score (nSPS) is 27.1. The average Bonchev–Trinajstić information content (AvgIpc) is 2.59. The summed E-state index contributed by atoms with van der Waals surface area (Å²) < 4.78 is 22.3. The third-order valence-corrected chi connectivity index (χ3v) is 4.42. The largest absolute Gasteiger partial charge is 0.393 e. The summed E-state index contributed by atoms with van der Waals surface area (Å²) in [4.78, 5) is 0. The molecular formula is C18H36O6. The topological polar surface area (TPSA) is 77.4 Å². The highest BCUT2D eigenvalue weighted by Gasteiger charge is 2.33. The Morgan fingerprint density at radius 3 is 2.38 bits per heavy atom. The van der Waals surface area contributed by atoms with E-state index in [0.29, 0.717) is 6.61 Å². The van der Waals surface area contributed by atoms with Gasteiger partial charge in [0.25, 0.3) is 0 Å². The highest BCUT2D eigenvalue weighted by atomic mass is 16.7. The summed E-state index contributed by atoms with van der Waals surface area (Å²) in [6.07, 6.45) is 7.18. The van der Waals surface area contributed by atoms with Crippen LogP contribution in [0.4, 0.5) is 0 Å². The van der Waals surface area contributed by atoms with E-state index < -0.39 is 19.0 Å². The first-order chi connectivity index (χ1) is 11.6. The van der Waals surface area contributed by atoms with Crippen molar-refractivity contribution in [1.29, 1.82) is 0 Å². The van der Waals surface area contributed by atoms with E-state index in [2.05, 4.69) is 6.92 Å². The quantitative estimate of drug-likeness (QED) is 0.393. The number of aliphatic hydroxyl groups is 2. The van der Waals surface area contributed by atoms with Crippen LogP contribution in [0.1, 0.15) is 65.2 Å². The lowest BCUT2D eigenvalue weighted by atomic mass is 10.1. The number of rotatable bonds is 13. The standard InChI is InChI=1S/C18H36O6/c1-4-5-6-7-8-9-10-11-17-22-13-16(14(2)23-17)24-18(21-3)15(20)12-19/h14-20H,4-13H2,1-3H3/t14-,15+,16?,17?,18-/m0/s1. The minimum Gasteiger partial charge on any atom is -0.393 e. The van der Waals surface area contributed by atoms with Gasteiger partial charge in [-0.1, -0.05) is 45.4 Å². The van der Waals surface area contributed by atoms with Crippen molar-refractivity contribution in [3.8, 4) is 0 Å². The second-order valence-corrected chi connectivity index (χ2v) is 6.54. The van der Waals surface area contributed by atoms with Gasteiger partial charge in [0.2, 0.25) is 0 Å². The number of hydrogen-bond acceptors (Lipinski definition) is 6. The SMILES string of the molecule is CCCCCCCCCC1OCC(O[C@H](OC)[C@H](O)CO)[C@H](C)O1. The van der Waals surface area contributed by atoms with Crippen LogP contribution in [0.3, 0.4) is 0 Å². The molecule has 144 valence electrons. The molecular weight excluding hydrogens is 312 g/mol. The van der Waals surface area contributed by atoms with Gasteiger partial charge in [-0.25, -0.2) is 0 Å². The average molecular weight is 348 g/mol. The Morgan fingerprint density at radius 2 is 1.79 bits per heavy atom. The van der Waals surface area contributed by atoms with Gasteiger partial charge in [-0.2, -0.15) is 0 Å². The molecule has 24 heavy (non-hydrogen) atoms. The van der Waals surface area contributed by atoms with E-state index in [0.717, 1.165) is 12.8 Å². The van der Waals surface area contributed by atoms with Crippen LogP contribution in [-0.2, 0) is 18.9 Å². The Kier molecular flexibility index (Phi) is 11.8. The third kappa shape index (κ3) is 8.23. The van der Waals surface area contributed by atoms with Crippen molar-refractivity contribution in [2.75, 3.05) is 20.3 Å². The lowest BCUT2D eigenvalue weighted by Crippen LogP contribution is -2.48. The number of aliphatic hydroxyl groups excluding tert-OH is 2. The molecule has 0 aromatic rings. The molecule has 1 aliphatic rings. The summed E-state index contributed by atoms with van der Waals surface area (Å²) in [5.74, 6) is 0. The molecule has 0 bridgehead atoms. The van der Waals surface area contributed by atoms with Crippen LogP contribution >= 0.6 is 0 Å². The molecule has 0 aliphatic carbocycles. The van der Waals surface area contributed by atoms with E-state index in [9.17, 15) is 5.11 Å². The van der Waals surface area contributed by atoms with Gasteiger partial charge in [-0.3, -0.25) is 0 Å². The molecule has 1 rings (SSSR count). The first kappa shape index (κ1) is 21.8. The molecule has 0 saturated carbocycles. The van der Waals surface area contributed by atoms with Gasteiger partial charge in [0.1, 0.15) is 12.2 Å². The molecule has 1 fully saturated rings. The van der Waals surface area contributed by atoms with Crippen LogP contribution in [0.2, 0.25) is 0 Å². The molecule has 0 spiro atoms. The zero-order valence-corrected chi connectivity index (χ0v) is 15.5. The summed E-state index contributed by atoms with van der Waals surface area (Å²) in [6, 6.07) is 0. The van der Waals surface area contributed by atoms with E-state index in [4.69, 9.17) is 24.1 Å². The zero-order valence-electron chi connectivity index (χ0n) is 15.5. The fraction of sp³-hybridized carbons (Fsp3) is 1.00. The van der Waals surface area contributed by atoms with Gasteiger partial charge in [0.05, 0.1) is 19.3 Å². The van der Waals surface area contributed by atoms with Crippen molar-refractivity contribution in [3.63, 3.8) is 0 Å². The van der Waals surface area contributed by atoms with E-state index in [1.807, 2.05) is 6.92 Å². The van der Waals surface area contributed by atoms with E-state index >= 15 is 0 Å². The van der Waals surface area contributed by atoms with Crippen molar-refractivity contribution < 1.29 is 29.2 Å². The van der Waals surface area contributed by atoms with Crippen molar-refractivity contribution in [1.82, 2.24) is 0 Å². The molecule has 2 N–H and O–H groups in total. The number of ether oxygens (including phenoxy) is 4. The molecule has 0 aromatic heterocycles. The molecule has 6 heteroatoms. The Balaban J connectivity index is 2.18. The van der Waals surface area contributed by atoms with E-state index in [1.165, 1.54) is 45.6 Å². The van der Waals surface area contributed by atoms with Crippen LogP contribution in [0.25, 0.3) is 0 Å². The van der Waals surface area contributed by atoms with Crippen LogP contribution in [0.5, 0.6) is 0 Å². The number of unbranched alkanes of at least 4 members (excludes halogenated alkanes) is 6. The van der Waals surface area contributed by atoms with Gasteiger partial charge in [-0.05, 0) is 19.8 Å². The minimum absolute atomic E-state index is 0.142. The van der Waals surface area contributed by atoms with Crippen LogP contribution in [0.15, 0.2) is 0 Å². The first-order valence-corrected chi connectivity index (χ1v) is 9.36. The van der Waals surface area contributed by atoms with Gasteiger partial charge in [0, 0.05) is 7.11 Å². The minimum atomic E-state index is -1.08. The van der Waals surface area contributed by atoms with Crippen LogP contribution < -0.4 is 0 Å². The maximum Gasteiger partial charge on any atom is 0.185 e. The highest BCUT2D eigenvalue weighted by molar-refractivity contribution is 4.74. The maximum atomic E-state index is 9.63. The second kappa shape index (κ2) is 13.0. The van der Waals surface area contributed by atoms with Gasteiger partial charge in [0.15, 0.2) is 12.6 Å². The third-order valence-electron chi connectivity index (χ3n) is 4.42.